The minimum absolute atomic E-state index is 0.132. The van der Waals surface area contributed by atoms with Crippen molar-refractivity contribution in [3.05, 3.63) is 45.6 Å². The Bertz CT molecular complexity index is 877. The number of halogens is 1. The summed E-state index contributed by atoms with van der Waals surface area (Å²) in [6, 6.07) is 7.86. The van der Waals surface area contributed by atoms with Crippen LogP contribution < -0.4 is 15.1 Å². The van der Waals surface area contributed by atoms with E-state index < -0.39 is 8.32 Å². The van der Waals surface area contributed by atoms with Crippen LogP contribution in [0.1, 0.15) is 37.6 Å². The highest BCUT2D eigenvalue weighted by molar-refractivity contribution is 9.10. The van der Waals surface area contributed by atoms with E-state index in [0.29, 0.717) is 5.11 Å². The summed E-state index contributed by atoms with van der Waals surface area (Å²) in [5.74, 6) is 1.66. The van der Waals surface area contributed by atoms with Crippen LogP contribution in [-0.2, 0) is 0 Å². The zero-order chi connectivity index (χ0) is 21.3. The first-order chi connectivity index (χ1) is 12.8. The van der Waals surface area contributed by atoms with E-state index >= 15 is 0 Å². The molecular formula is C21H30BrN3OSSi. The van der Waals surface area contributed by atoms with Crippen LogP contribution in [0.3, 0.4) is 0 Å². The van der Waals surface area contributed by atoms with Crippen molar-refractivity contribution in [3.8, 4) is 5.75 Å². The lowest BCUT2D eigenvalue weighted by Crippen LogP contribution is -2.44. The molecule has 0 saturated heterocycles. The largest absolute Gasteiger partial charge is 0.542 e. The molecular weight excluding hydrogens is 450 g/mol. The van der Waals surface area contributed by atoms with E-state index in [1.807, 2.05) is 38.1 Å². The maximum atomic E-state index is 6.57. The molecule has 152 valence electrons. The number of hydrogen-bond donors (Lipinski definition) is 2. The molecule has 0 aliphatic heterocycles. The molecule has 28 heavy (non-hydrogen) atoms. The number of thiocarbonyl (C=S) groups is 1. The van der Waals surface area contributed by atoms with Gasteiger partial charge in [-0.15, -0.1) is 0 Å². The zero-order valence-corrected chi connectivity index (χ0v) is 21.4. The molecule has 0 unspecified atom stereocenters. The minimum Gasteiger partial charge on any atom is -0.542 e. The molecule has 2 rings (SSSR count). The summed E-state index contributed by atoms with van der Waals surface area (Å²) in [5.41, 5.74) is 3.94. The number of pyridine rings is 1. The normalized spacial score (nSPS) is 11.9. The molecule has 0 aliphatic carbocycles. The quantitative estimate of drug-likeness (QED) is 0.366. The van der Waals surface area contributed by atoms with Crippen molar-refractivity contribution >= 4 is 53.1 Å². The van der Waals surface area contributed by atoms with E-state index in [0.717, 1.165) is 38.5 Å². The second-order valence-corrected chi connectivity index (χ2v) is 14.6. The van der Waals surface area contributed by atoms with Gasteiger partial charge < -0.3 is 15.1 Å². The molecule has 2 N–H and O–H groups in total. The first-order valence-electron chi connectivity index (χ1n) is 9.32. The van der Waals surface area contributed by atoms with Gasteiger partial charge in [0.05, 0.1) is 5.69 Å². The second kappa shape index (κ2) is 8.51. The van der Waals surface area contributed by atoms with Crippen molar-refractivity contribution in [3.63, 3.8) is 0 Å². The monoisotopic (exact) mass is 479 g/mol. The van der Waals surface area contributed by atoms with Crippen molar-refractivity contribution in [1.82, 2.24) is 4.98 Å². The van der Waals surface area contributed by atoms with Crippen LogP contribution in [0.4, 0.5) is 11.5 Å². The third-order valence-electron chi connectivity index (χ3n) is 5.36. The van der Waals surface area contributed by atoms with Crippen molar-refractivity contribution < 1.29 is 4.43 Å². The lowest BCUT2D eigenvalue weighted by Gasteiger charge is -2.37. The van der Waals surface area contributed by atoms with Crippen LogP contribution in [0, 0.1) is 20.8 Å². The second-order valence-electron chi connectivity index (χ2n) is 8.57. The van der Waals surface area contributed by atoms with Crippen LogP contribution in [0.2, 0.25) is 18.1 Å². The van der Waals surface area contributed by atoms with Crippen LogP contribution >= 0.6 is 28.1 Å². The van der Waals surface area contributed by atoms with Crippen LogP contribution in [0.5, 0.6) is 5.75 Å². The molecule has 1 heterocycles. The van der Waals surface area contributed by atoms with E-state index in [4.69, 9.17) is 21.6 Å². The highest BCUT2D eigenvalue weighted by Gasteiger charge is 2.39. The molecule has 0 atom stereocenters. The third-order valence-corrected chi connectivity index (χ3v) is 10.4. The highest BCUT2D eigenvalue weighted by Crippen LogP contribution is 2.40. The molecule has 0 saturated carbocycles. The molecule has 0 fully saturated rings. The fourth-order valence-electron chi connectivity index (χ4n) is 2.41. The van der Waals surface area contributed by atoms with E-state index in [9.17, 15) is 0 Å². The standard InChI is InChI=1S/C21H30BrN3OSSi/c1-13-14(2)19(25-20(27)24-17-11-9-16(22)10-12-17)23-15(3)18(13)26-28(7,8)21(4,5)6/h9-12H,1-8H3,(H2,23,24,25,27). The summed E-state index contributed by atoms with van der Waals surface area (Å²) >= 11 is 8.90. The Morgan fingerprint density at radius 3 is 2.14 bits per heavy atom. The molecule has 1 aromatic heterocycles. The fourth-order valence-corrected chi connectivity index (χ4v) is 4.00. The fraction of sp³-hybridized carbons (Fsp3) is 0.429. The average molecular weight is 481 g/mol. The number of rotatable bonds is 4. The number of nitrogens with zero attached hydrogens (tertiary/aromatic N) is 1. The minimum atomic E-state index is -1.94. The molecule has 0 spiro atoms. The summed E-state index contributed by atoms with van der Waals surface area (Å²) in [5, 5.41) is 7.06. The van der Waals surface area contributed by atoms with Gasteiger partial charge in [0.25, 0.3) is 8.32 Å². The molecule has 0 aliphatic rings. The number of benzene rings is 1. The Kier molecular flexibility index (Phi) is 6.94. The van der Waals surface area contributed by atoms with Gasteiger partial charge in [0, 0.05) is 10.2 Å². The van der Waals surface area contributed by atoms with Gasteiger partial charge in [-0.2, -0.15) is 0 Å². The van der Waals surface area contributed by atoms with Gasteiger partial charge in [-0.1, -0.05) is 36.7 Å². The Labute approximate surface area is 183 Å². The molecule has 1 aromatic carbocycles. The molecule has 0 amide bonds. The van der Waals surface area contributed by atoms with E-state index in [-0.39, 0.29) is 5.04 Å². The van der Waals surface area contributed by atoms with Gasteiger partial charge >= 0.3 is 0 Å². The summed E-state index contributed by atoms with van der Waals surface area (Å²) in [6.07, 6.45) is 0. The predicted molar refractivity (Wildman–Crippen MR) is 130 cm³/mol. The Morgan fingerprint density at radius 2 is 1.61 bits per heavy atom. The number of hydrogen-bond acceptors (Lipinski definition) is 3. The van der Waals surface area contributed by atoms with E-state index in [1.54, 1.807) is 0 Å². The van der Waals surface area contributed by atoms with Gasteiger partial charge in [0.2, 0.25) is 0 Å². The molecule has 7 heteroatoms. The van der Waals surface area contributed by atoms with Gasteiger partial charge in [0.1, 0.15) is 11.6 Å². The first-order valence-corrected chi connectivity index (χ1v) is 13.4. The molecule has 4 nitrogen and oxygen atoms in total. The summed E-state index contributed by atoms with van der Waals surface area (Å²) in [6.45, 7) is 17.4. The van der Waals surface area contributed by atoms with Gasteiger partial charge in [-0.25, -0.2) is 4.98 Å². The summed E-state index contributed by atoms with van der Waals surface area (Å²) in [4.78, 5) is 4.75. The number of anilines is 2. The van der Waals surface area contributed by atoms with E-state index in [2.05, 4.69) is 67.4 Å². The van der Waals surface area contributed by atoms with Crippen LogP contribution in [-0.4, -0.2) is 18.4 Å². The highest BCUT2D eigenvalue weighted by atomic mass is 79.9. The van der Waals surface area contributed by atoms with Crippen molar-refractivity contribution in [1.29, 1.82) is 0 Å². The third kappa shape index (κ3) is 5.33. The summed E-state index contributed by atoms with van der Waals surface area (Å²) in [7, 11) is -1.94. The summed E-state index contributed by atoms with van der Waals surface area (Å²) < 4.78 is 7.60. The van der Waals surface area contributed by atoms with Crippen LogP contribution in [0.15, 0.2) is 28.7 Å². The lowest BCUT2D eigenvalue weighted by molar-refractivity contribution is 0.483. The molecule has 0 radical (unpaired) electrons. The SMILES string of the molecule is Cc1nc(NC(=S)Nc2ccc(Br)cc2)c(C)c(C)c1O[Si](C)(C)C(C)(C)C. The van der Waals surface area contributed by atoms with Gasteiger partial charge in [0.15, 0.2) is 5.11 Å². The van der Waals surface area contributed by atoms with Crippen molar-refractivity contribution in [2.45, 2.75) is 59.7 Å². The smallest absolute Gasteiger partial charge is 0.250 e. The first kappa shape index (κ1) is 22.8. The number of aromatic nitrogens is 1. The maximum absolute atomic E-state index is 6.57. The molecule has 0 bridgehead atoms. The number of aryl methyl sites for hydroxylation is 1. The van der Waals surface area contributed by atoms with Gasteiger partial charge in [-0.3, -0.25) is 0 Å². The zero-order valence-electron chi connectivity index (χ0n) is 18.0. The number of nitrogens with one attached hydrogen (secondary N) is 2. The lowest BCUT2D eigenvalue weighted by atomic mass is 10.1. The van der Waals surface area contributed by atoms with Crippen LogP contribution in [0.25, 0.3) is 0 Å². The van der Waals surface area contributed by atoms with Gasteiger partial charge in [-0.05, 0) is 86.5 Å². The van der Waals surface area contributed by atoms with Crippen molar-refractivity contribution in [2.24, 2.45) is 0 Å². The Balaban J connectivity index is 2.23. The van der Waals surface area contributed by atoms with Crippen molar-refractivity contribution in [2.75, 3.05) is 10.6 Å². The topological polar surface area (TPSA) is 46.2 Å². The maximum Gasteiger partial charge on any atom is 0.250 e. The average Bonchev–Trinajstić information content (AvgIpc) is 2.57. The Hall–Kier alpha value is -1.44. The predicted octanol–water partition coefficient (Wildman–Crippen LogP) is 6.96. The van der Waals surface area contributed by atoms with E-state index in [1.165, 1.54) is 0 Å². The molecule has 2 aromatic rings. The Morgan fingerprint density at radius 1 is 1.04 bits per heavy atom.